The van der Waals surface area contributed by atoms with E-state index in [2.05, 4.69) is 5.32 Å². The van der Waals surface area contributed by atoms with Gasteiger partial charge >= 0.3 is 0 Å². The minimum atomic E-state index is -1.08. The molecule has 0 heterocycles. The van der Waals surface area contributed by atoms with Crippen LogP contribution in [-0.2, 0) is 0 Å². The van der Waals surface area contributed by atoms with E-state index in [0.29, 0.717) is 16.5 Å². The summed E-state index contributed by atoms with van der Waals surface area (Å²) in [6.07, 6.45) is -0.0277. The van der Waals surface area contributed by atoms with Gasteiger partial charge in [-0.1, -0.05) is 11.6 Å². The van der Waals surface area contributed by atoms with E-state index >= 15 is 0 Å². The van der Waals surface area contributed by atoms with Crippen molar-refractivity contribution in [2.24, 2.45) is 0 Å². The van der Waals surface area contributed by atoms with Crippen molar-refractivity contribution in [1.29, 1.82) is 0 Å². The maximum atomic E-state index is 13.1. The van der Waals surface area contributed by atoms with E-state index in [1.165, 1.54) is 12.1 Å². The molecule has 2 rings (SSSR count). The second-order valence-corrected chi connectivity index (χ2v) is 5.30. The van der Waals surface area contributed by atoms with Gasteiger partial charge in [0.2, 0.25) is 0 Å². The van der Waals surface area contributed by atoms with Crippen molar-refractivity contribution in [3.63, 3.8) is 0 Å². The Morgan fingerprint density at radius 3 is 2.45 bits per heavy atom. The van der Waals surface area contributed by atoms with Crippen LogP contribution in [0.2, 0.25) is 5.02 Å². The minimum Gasteiger partial charge on any atom is -0.489 e. The van der Waals surface area contributed by atoms with Crippen molar-refractivity contribution in [1.82, 2.24) is 0 Å². The van der Waals surface area contributed by atoms with E-state index in [-0.39, 0.29) is 11.7 Å². The molecule has 2 aromatic rings. The van der Waals surface area contributed by atoms with Crippen LogP contribution in [0.15, 0.2) is 36.4 Å². The van der Waals surface area contributed by atoms with E-state index in [1.54, 1.807) is 12.1 Å². The van der Waals surface area contributed by atoms with Crippen molar-refractivity contribution in [2.45, 2.75) is 20.0 Å². The Bertz CT molecular complexity index is 705. The first-order valence-electron chi connectivity index (χ1n) is 6.59. The number of nitrogens with one attached hydrogen (secondary N) is 1. The normalized spacial score (nSPS) is 10.6. The molecule has 116 valence electrons. The van der Waals surface area contributed by atoms with Crippen molar-refractivity contribution >= 4 is 23.2 Å². The highest BCUT2D eigenvalue weighted by Crippen LogP contribution is 2.28. The number of ether oxygens (including phenoxy) is 1. The molecular formula is C16H14ClF2NO2. The smallest absolute Gasteiger partial charge is 0.255 e. The zero-order valence-corrected chi connectivity index (χ0v) is 12.7. The van der Waals surface area contributed by atoms with Crippen LogP contribution in [-0.4, -0.2) is 12.0 Å². The number of benzene rings is 2. The maximum Gasteiger partial charge on any atom is 0.255 e. The molecule has 0 aliphatic carbocycles. The van der Waals surface area contributed by atoms with Crippen LogP contribution in [0.4, 0.5) is 14.5 Å². The standard InChI is InChI=1S/C16H14ClF2NO2/c1-9(2)22-15-6-4-11(8-12(15)17)20-16(21)10-3-5-13(18)14(19)7-10/h3-9H,1-2H3,(H,20,21). The third-order valence-corrected chi connectivity index (χ3v) is 3.03. The van der Waals surface area contributed by atoms with Crippen molar-refractivity contribution in [3.05, 3.63) is 58.6 Å². The lowest BCUT2D eigenvalue weighted by atomic mass is 10.2. The van der Waals surface area contributed by atoms with Gasteiger partial charge < -0.3 is 10.1 Å². The van der Waals surface area contributed by atoms with Crippen LogP contribution >= 0.6 is 11.6 Å². The Balaban J connectivity index is 2.14. The summed E-state index contributed by atoms with van der Waals surface area (Å²) in [7, 11) is 0. The highest BCUT2D eigenvalue weighted by atomic mass is 35.5. The summed E-state index contributed by atoms with van der Waals surface area (Å²) in [6, 6.07) is 7.70. The number of halogens is 3. The molecule has 0 saturated heterocycles. The van der Waals surface area contributed by atoms with Crippen LogP contribution in [0.5, 0.6) is 5.75 Å². The number of carbonyl (C=O) groups excluding carboxylic acids is 1. The Kier molecular flexibility index (Phi) is 4.98. The van der Waals surface area contributed by atoms with E-state index in [1.807, 2.05) is 13.8 Å². The topological polar surface area (TPSA) is 38.3 Å². The van der Waals surface area contributed by atoms with Gasteiger partial charge in [-0.2, -0.15) is 0 Å². The largest absolute Gasteiger partial charge is 0.489 e. The van der Waals surface area contributed by atoms with Gasteiger partial charge in [0.25, 0.3) is 5.91 Å². The molecule has 0 radical (unpaired) electrons. The summed E-state index contributed by atoms with van der Waals surface area (Å²) < 4.78 is 31.5. The molecule has 2 aromatic carbocycles. The molecule has 1 amide bonds. The Hall–Kier alpha value is -2.14. The molecule has 0 aliphatic heterocycles. The van der Waals surface area contributed by atoms with Gasteiger partial charge in [-0.15, -0.1) is 0 Å². The molecular weight excluding hydrogens is 312 g/mol. The highest BCUT2D eigenvalue weighted by molar-refractivity contribution is 6.32. The van der Waals surface area contributed by atoms with Crippen LogP contribution in [0.25, 0.3) is 0 Å². The molecule has 0 aliphatic rings. The van der Waals surface area contributed by atoms with Crippen LogP contribution < -0.4 is 10.1 Å². The third kappa shape index (κ3) is 3.95. The average molecular weight is 326 g/mol. The van der Waals surface area contributed by atoms with Gasteiger partial charge in [-0.05, 0) is 50.2 Å². The third-order valence-electron chi connectivity index (χ3n) is 2.73. The summed E-state index contributed by atoms with van der Waals surface area (Å²) in [5, 5.41) is 2.90. The summed E-state index contributed by atoms with van der Waals surface area (Å²) >= 11 is 6.06. The van der Waals surface area contributed by atoms with Gasteiger partial charge in [0.15, 0.2) is 11.6 Å². The number of carbonyl (C=O) groups is 1. The first kappa shape index (κ1) is 16.2. The fourth-order valence-electron chi connectivity index (χ4n) is 1.77. The maximum absolute atomic E-state index is 13.1. The molecule has 0 fully saturated rings. The number of amides is 1. The summed E-state index contributed by atoms with van der Waals surface area (Å²) in [5.74, 6) is -2.14. The van der Waals surface area contributed by atoms with Crippen LogP contribution in [0, 0.1) is 11.6 Å². The fraction of sp³-hybridized carbons (Fsp3) is 0.188. The van der Waals surface area contributed by atoms with Crippen LogP contribution in [0.1, 0.15) is 24.2 Å². The first-order valence-corrected chi connectivity index (χ1v) is 6.97. The van der Waals surface area contributed by atoms with E-state index in [4.69, 9.17) is 16.3 Å². The molecule has 0 aromatic heterocycles. The quantitative estimate of drug-likeness (QED) is 0.888. The van der Waals surface area contributed by atoms with Crippen molar-refractivity contribution in [3.8, 4) is 5.75 Å². The monoisotopic (exact) mass is 325 g/mol. The van der Waals surface area contributed by atoms with Crippen molar-refractivity contribution < 1.29 is 18.3 Å². The molecule has 1 N–H and O–H groups in total. The Labute approximate surface area is 131 Å². The van der Waals surface area contributed by atoms with Gasteiger partial charge in [0, 0.05) is 11.3 Å². The zero-order chi connectivity index (χ0) is 16.3. The number of anilines is 1. The second-order valence-electron chi connectivity index (χ2n) is 4.89. The van der Waals surface area contributed by atoms with Gasteiger partial charge in [0.1, 0.15) is 5.75 Å². The number of hydrogen-bond acceptors (Lipinski definition) is 2. The van der Waals surface area contributed by atoms with Gasteiger partial charge in [-0.3, -0.25) is 4.79 Å². The molecule has 22 heavy (non-hydrogen) atoms. The summed E-state index contributed by atoms with van der Waals surface area (Å²) in [6.45, 7) is 3.74. The Morgan fingerprint density at radius 1 is 1.14 bits per heavy atom. The molecule has 0 unspecified atom stereocenters. The minimum absolute atomic E-state index is 0.0116. The Morgan fingerprint density at radius 2 is 1.86 bits per heavy atom. The summed E-state index contributed by atoms with van der Waals surface area (Å²) in [4.78, 5) is 12.0. The molecule has 0 spiro atoms. The SMILES string of the molecule is CC(C)Oc1ccc(NC(=O)c2ccc(F)c(F)c2)cc1Cl. The van der Waals surface area contributed by atoms with E-state index < -0.39 is 17.5 Å². The zero-order valence-electron chi connectivity index (χ0n) is 12.0. The predicted molar refractivity (Wildman–Crippen MR) is 81.5 cm³/mol. The first-order chi connectivity index (χ1) is 10.4. The lowest BCUT2D eigenvalue weighted by Crippen LogP contribution is -2.12. The van der Waals surface area contributed by atoms with E-state index in [9.17, 15) is 13.6 Å². The second kappa shape index (κ2) is 6.75. The fourth-order valence-corrected chi connectivity index (χ4v) is 1.99. The molecule has 0 bridgehead atoms. The number of rotatable bonds is 4. The number of hydrogen-bond donors (Lipinski definition) is 1. The summed E-state index contributed by atoms with van der Waals surface area (Å²) in [5.41, 5.74) is 0.438. The van der Waals surface area contributed by atoms with Crippen molar-refractivity contribution in [2.75, 3.05) is 5.32 Å². The molecule has 0 atom stereocenters. The molecule has 6 heteroatoms. The average Bonchev–Trinajstić information content (AvgIpc) is 2.44. The predicted octanol–water partition coefficient (Wildman–Crippen LogP) is 4.66. The lowest BCUT2D eigenvalue weighted by Gasteiger charge is -2.12. The lowest BCUT2D eigenvalue weighted by molar-refractivity contribution is 0.102. The molecule has 3 nitrogen and oxygen atoms in total. The van der Waals surface area contributed by atoms with Crippen LogP contribution in [0.3, 0.4) is 0 Å². The van der Waals surface area contributed by atoms with Gasteiger partial charge in [0.05, 0.1) is 11.1 Å². The highest BCUT2D eigenvalue weighted by Gasteiger charge is 2.11. The van der Waals surface area contributed by atoms with E-state index in [0.717, 1.165) is 12.1 Å². The van der Waals surface area contributed by atoms with Gasteiger partial charge in [-0.25, -0.2) is 8.78 Å². The molecule has 0 saturated carbocycles.